The van der Waals surface area contributed by atoms with Crippen molar-refractivity contribution in [3.63, 3.8) is 0 Å². The molecule has 2 rings (SSSR count). The first-order chi connectivity index (χ1) is 8.65. The van der Waals surface area contributed by atoms with E-state index in [1.807, 2.05) is 6.07 Å². The van der Waals surface area contributed by atoms with Crippen LogP contribution in [0.2, 0.25) is 0 Å². The summed E-state index contributed by atoms with van der Waals surface area (Å²) < 4.78 is 1.06. The Labute approximate surface area is 120 Å². The number of aryl methyl sites for hydroxylation is 1. The third-order valence-corrected chi connectivity index (χ3v) is 4.47. The fourth-order valence-corrected chi connectivity index (χ4v) is 3.20. The number of thiazole rings is 1. The molecule has 1 N–H and O–H groups in total. The van der Waals surface area contributed by atoms with Crippen molar-refractivity contribution in [2.24, 2.45) is 0 Å². The standard InChI is InChI=1S/C14H16BrNOS/c1-3-10(7-17)13-8-18-14(16-13)12-6-11(15)5-4-9(12)2/h4-6,8,10,17H,3,7H2,1-2H3. The van der Waals surface area contributed by atoms with E-state index in [4.69, 9.17) is 0 Å². The van der Waals surface area contributed by atoms with Gasteiger partial charge in [0.15, 0.2) is 0 Å². The summed E-state index contributed by atoms with van der Waals surface area (Å²) in [6.07, 6.45) is 0.914. The molecule has 1 atom stereocenters. The molecule has 1 aromatic heterocycles. The number of aromatic nitrogens is 1. The van der Waals surface area contributed by atoms with Crippen LogP contribution in [-0.2, 0) is 0 Å². The van der Waals surface area contributed by atoms with Crippen molar-refractivity contribution in [2.45, 2.75) is 26.2 Å². The lowest BCUT2D eigenvalue weighted by molar-refractivity contribution is 0.260. The minimum Gasteiger partial charge on any atom is -0.396 e. The van der Waals surface area contributed by atoms with E-state index < -0.39 is 0 Å². The van der Waals surface area contributed by atoms with Crippen molar-refractivity contribution >= 4 is 27.3 Å². The Bertz CT molecular complexity index is 534. The summed E-state index contributed by atoms with van der Waals surface area (Å²) >= 11 is 5.14. The lowest BCUT2D eigenvalue weighted by Gasteiger charge is -2.07. The Kier molecular flexibility index (Phi) is 4.54. The molecular weight excluding hydrogens is 310 g/mol. The van der Waals surface area contributed by atoms with Gasteiger partial charge in [0.2, 0.25) is 0 Å². The van der Waals surface area contributed by atoms with Gasteiger partial charge in [-0.2, -0.15) is 0 Å². The van der Waals surface area contributed by atoms with Crippen LogP contribution in [0.1, 0.15) is 30.5 Å². The van der Waals surface area contributed by atoms with Crippen molar-refractivity contribution in [3.05, 3.63) is 39.3 Å². The highest BCUT2D eigenvalue weighted by Gasteiger charge is 2.14. The van der Waals surface area contributed by atoms with Gasteiger partial charge in [0.05, 0.1) is 12.3 Å². The minimum atomic E-state index is 0.155. The van der Waals surface area contributed by atoms with E-state index in [1.54, 1.807) is 11.3 Å². The monoisotopic (exact) mass is 325 g/mol. The molecule has 1 unspecified atom stereocenters. The van der Waals surface area contributed by atoms with E-state index in [-0.39, 0.29) is 12.5 Å². The van der Waals surface area contributed by atoms with Crippen LogP contribution >= 0.6 is 27.3 Å². The minimum absolute atomic E-state index is 0.155. The molecule has 0 aliphatic carbocycles. The van der Waals surface area contributed by atoms with Crippen molar-refractivity contribution in [1.82, 2.24) is 4.98 Å². The molecule has 18 heavy (non-hydrogen) atoms. The number of benzene rings is 1. The Morgan fingerprint density at radius 2 is 2.22 bits per heavy atom. The fraction of sp³-hybridized carbons (Fsp3) is 0.357. The molecule has 0 bridgehead atoms. The smallest absolute Gasteiger partial charge is 0.123 e. The van der Waals surface area contributed by atoms with Crippen LogP contribution < -0.4 is 0 Å². The molecule has 96 valence electrons. The van der Waals surface area contributed by atoms with Gasteiger partial charge in [0, 0.05) is 21.3 Å². The predicted octanol–water partition coefficient (Wildman–Crippen LogP) is 4.37. The number of rotatable bonds is 4. The zero-order valence-corrected chi connectivity index (χ0v) is 12.9. The Balaban J connectivity index is 2.37. The van der Waals surface area contributed by atoms with E-state index >= 15 is 0 Å². The summed E-state index contributed by atoms with van der Waals surface area (Å²) in [6, 6.07) is 6.22. The van der Waals surface area contributed by atoms with Gasteiger partial charge in [0.25, 0.3) is 0 Å². The first-order valence-electron chi connectivity index (χ1n) is 5.98. The van der Waals surface area contributed by atoms with Gasteiger partial charge >= 0.3 is 0 Å². The van der Waals surface area contributed by atoms with Crippen molar-refractivity contribution < 1.29 is 5.11 Å². The molecule has 0 fully saturated rings. The fourth-order valence-electron chi connectivity index (χ4n) is 1.85. The van der Waals surface area contributed by atoms with Crippen molar-refractivity contribution in [1.29, 1.82) is 0 Å². The highest BCUT2D eigenvalue weighted by Crippen LogP contribution is 2.31. The quantitative estimate of drug-likeness (QED) is 0.905. The number of hydrogen-bond acceptors (Lipinski definition) is 3. The Hall–Kier alpha value is -0.710. The molecule has 0 amide bonds. The molecule has 0 saturated carbocycles. The van der Waals surface area contributed by atoms with Crippen LogP contribution in [-0.4, -0.2) is 16.7 Å². The van der Waals surface area contributed by atoms with Crippen LogP contribution in [0, 0.1) is 6.92 Å². The third kappa shape index (κ3) is 2.82. The molecule has 0 spiro atoms. The predicted molar refractivity (Wildman–Crippen MR) is 80.1 cm³/mol. The van der Waals surface area contributed by atoms with Crippen molar-refractivity contribution in [2.75, 3.05) is 6.61 Å². The summed E-state index contributed by atoms with van der Waals surface area (Å²) in [6.45, 7) is 4.33. The lowest BCUT2D eigenvalue weighted by Crippen LogP contribution is -2.02. The van der Waals surface area contributed by atoms with Gasteiger partial charge in [-0.1, -0.05) is 28.9 Å². The summed E-state index contributed by atoms with van der Waals surface area (Å²) in [4.78, 5) is 4.66. The van der Waals surface area contributed by atoms with Gasteiger partial charge in [-0.25, -0.2) is 4.98 Å². The van der Waals surface area contributed by atoms with Crippen LogP contribution in [0.4, 0.5) is 0 Å². The number of aliphatic hydroxyl groups excluding tert-OH is 1. The normalized spacial score (nSPS) is 12.7. The Morgan fingerprint density at radius 3 is 2.89 bits per heavy atom. The van der Waals surface area contributed by atoms with E-state index in [0.29, 0.717) is 0 Å². The van der Waals surface area contributed by atoms with Gasteiger partial charge in [-0.15, -0.1) is 11.3 Å². The highest BCUT2D eigenvalue weighted by molar-refractivity contribution is 9.10. The third-order valence-electron chi connectivity index (χ3n) is 3.08. The summed E-state index contributed by atoms with van der Waals surface area (Å²) in [5.41, 5.74) is 3.38. The maximum atomic E-state index is 9.32. The van der Waals surface area contributed by atoms with Crippen LogP contribution in [0.25, 0.3) is 10.6 Å². The van der Waals surface area contributed by atoms with E-state index in [2.05, 4.69) is 52.3 Å². The maximum absolute atomic E-state index is 9.32. The average Bonchev–Trinajstić information content (AvgIpc) is 2.83. The SMILES string of the molecule is CCC(CO)c1csc(-c2cc(Br)ccc2C)n1. The molecule has 0 aliphatic rings. The van der Waals surface area contributed by atoms with Crippen molar-refractivity contribution in [3.8, 4) is 10.6 Å². The van der Waals surface area contributed by atoms with E-state index in [1.165, 1.54) is 5.56 Å². The van der Waals surface area contributed by atoms with Crippen LogP contribution in [0.5, 0.6) is 0 Å². The zero-order valence-electron chi connectivity index (χ0n) is 10.5. The average molecular weight is 326 g/mol. The molecule has 0 radical (unpaired) electrons. The lowest BCUT2D eigenvalue weighted by atomic mass is 10.1. The van der Waals surface area contributed by atoms with Crippen LogP contribution in [0.3, 0.4) is 0 Å². The molecule has 1 heterocycles. The largest absolute Gasteiger partial charge is 0.396 e. The number of halogens is 1. The molecule has 2 nitrogen and oxygen atoms in total. The summed E-state index contributed by atoms with van der Waals surface area (Å²) in [5.74, 6) is 0.155. The van der Waals surface area contributed by atoms with Gasteiger partial charge in [-0.05, 0) is 31.0 Å². The second-order valence-electron chi connectivity index (χ2n) is 4.32. The topological polar surface area (TPSA) is 33.1 Å². The molecule has 0 saturated heterocycles. The number of hydrogen-bond donors (Lipinski definition) is 1. The van der Waals surface area contributed by atoms with Gasteiger partial charge in [0.1, 0.15) is 5.01 Å². The molecular formula is C14H16BrNOS. The second-order valence-corrected chi connectivity index (χ2v) is 6.10. The zero-order chi connectivity index (χ0) is 13.1. The summed E-state index contributed by atoms with van der Waals surface area (Å²) in [5, 5.41) is 12.4. The molecule has 4 heteroatoms. The first-order valence-corrected chi connectivity index (χ1v) is 7.65. The highest BCUT2D eigenvalue weighted by atomic mass is 79.9. The number of nitrogens with zero attached hydrogens (tertiary/aromatic N) is 1. The first kappa shape index (κ1) is 13.7. The Morgan fingerprint density at radius 1 is 1.44 bits per heavy atom. The molecule has 1 aromatic carbocycles. The van der Waals surface area contributed by atoms with Gasteiger partial charge in [-0.3, -0.25) is 0 Å². The second kappa shape index (κ2) is 5.95. The van der Waals surface area contributed by atoms with Gasteiger partial charge < -0.3 is 5.11 Å². The van der Waals surface area contributed by atoms with E-state index in [0.717, 1.165) is 27.2 Å². The molecule has 0 aliphatic heterocycles. The number of aliphatic hydroxyl groups is 1. The molecule has 2 aromatic rings. The summed E-state index contributed by atoms with van der Waals surface area (Å²) in [7, 11) is 0. The van der Waals surface area contributed by atoms with E-state index in [9.17, 15) is 5.11 Å². The van der Waals surface area contributed by atoms with Crippen LogP contribution in [0.15, 0.2) is 28.1 Å². The maximum Gasteiger partial charge on any atom is 0.123 e.